The first kappa shape index (κ1) is 13.8. The molecule has 3 rings (SSSR count). The number of aliphatic hydroxyl groups is 1. The van der Waals surface area contributed by atoms with Crippen molar-refractivity contribution in [3.05, 3.63) is 0 Å². The van der Waals surface area contributed by atoms with Crippen LogP contribution in [0.2, 0.25) is 0 Å². The van der Waals surface area contributed by atoms with Crippen molar-refractivity contribution in [3.63, 3.8) is 0 Å². The van der Waals surface area contributed by atoms with Crippen molar-refractivity contribution < 1.29 is 5.11 Å². The lowest BCUT2D eigenvalue weighted by molar-refractivity contribution is -0.140. The molecule has 3 fully saturated rings. The summed E-state index contributed by atoms with van der Waals surface area (Å²) >= 11 is 0. The summed E-state index contributed by atoms with van der Waals surface area (Å²) in [5.74, 6) is 1.55. The van der Waals surface area contributed by atoms with Gasteiger partial charge in [-0.15, -0.1) is 0 Å². The highest BCUT2D eigenvalue weighted by Gasteiger charge is 2.60. The third-order valence-corrected chi connectivity index (χ3v) is 6.49. The minimum absolute atomic E-state index is 0.0498. The lowest BCUT2D eigenvalue weighted by atomic mass is 9.59. The van der Waals surface area contributed by atoms with Crippen LogP contribution in [-0.4, -0.2) is 41.8 Å². The van der Waals surface area contributed by atoms with Gasteiger partial charge in [-0.2, -0.15) is 0 Å². The monoisotopic (exact) mass is 266 g/mol. The van der Waals surface area contributed by atoms with Crippen molar-refractivity contribution in [2.24, 2.45) is 23.0 Å². The molecule has 110 valence electrons. The molecule has 1 heterocycles. The summed E-state index contributed by atoms with van der Waals surface area (Å²) in [5, 5.41) is 11.3. The molecule has 0 aromatic heterocycles. The van der Waals surface area contributed by atoms with Crippen LogP contribution in [0, 0.1) is 17.3 Å². The van der Waals surface area contributed by atoms with Crippen LogP contribution in [0.4, 0.5) is 0 Å². The predicted molar refractivity (Wildman–Crippen MR) is 77.9 cm³/mol. The van der Waals surface area contributed by atoms with Crippen LogP contribution in [0.25, 0.3) is 0 Å². The van der Waals surface area contributed by atoms with Crippen LogP contribution in [0.5, 0.6) is 0 Å². The Balaban J connectivity index is 1.73. The molecule has 2 aliphatic carbocycles. The molecule has 3 nitrogen and oxygen atoms in total. The van der Waals surface area contributed by atoms with Crippen molar-refractivity contribution in [2.75, 3.05) is 26.2 Å². The average Bonchev–Trinajstić information content (AvgIpc) is 3.03. The van der Waals surface area contributed by atoms with Gasteiger partial charge in [-0.25, -0.2) is 0 Å². The quantitative estimate of drug-likeness (QED) is 0.818. The van der Waals surface area contributed by atoms with Gasteiger partial charge in [0.1, 0.15) is 0 Å². The molecule has 0 amide bonds. The molecule has 0 radical (unpaired) electrons. The van der Waals surface area contributed by atoms with Gasteiger partial charge in [-0.1, -0.05) is 13.3 Å². The van der Waals surface area contributed by atoms with E-state index in [9.17, 15) is 5.11 Å². The number of likely N-dealkylation sites (tertiary alicyclic amines) is 1. The highest BCUT2D eigenvalue weighted by Crippen LogP contribution is 2.61. The molecule has 3 heteroatoms. The van der Waals surface area contributed by atoms with E-state index in [1.54, 1.807) is 0 Å². The fraction of sp³-hybridized carbons (Fsp3) is 1.00. The molecular weight excluding hydrogens is 236 g/mol. The van der Waals surface area contributed by atoms with E-state index in [-0.39, 0.29) is 5.41 Å². The zero-order chi connectivity index (χ0) is 13.5. The van der Waals surface area contributed by atoms with Gasteiger partial charge in [0.15, 0.2) is 0 Å². The maximum Gasteiger partial charge on any atom is 0.0742 e. The van der Waals surface area contributed by atoms with Crippen molar-refractivity contribution >= 4 is 0 Å². The van der Waals surface area contributed by atoms with Crippen LogP contribution in [0.15, 0.2) is 0 Å². The Labute approximate surface area is 117 Å². The van der Waals surface area contributed by atoms with E-state index in [1.807, 2.05) is 0 Å². The Morgan fingerprint density at radius 3 is 2.47 bits per heavy atom. The molecule has 0 aromatic rings. The van der Waals surface area contributed by atoms with Crippen LogP contribution in [-0.2, 0) is 0 Å². The van der Waals surface area contributed by atoms with Gasteiger partial charge < -0.3 is 15.7 Å². The van der Waals surface area contributed by atoms with Crippen molar-refractivity contribution in [2.45, 2.75) is 57.5 Å². The second kappa shape index (κ2) is 5.01. The summed E-state index contributed by atoms with van der Waals surface area (Å²) < 4.78 is 0. The summed E-state index contributed by atoms with van der Waals surface area (Å²) in [6, 6.07) is 0. The van der Waals surface area contributed by atoms with E-state index in [1.165, 1.54) is 38.6 Å². The predicted octanol–water partition coefficient (Wildman–Crippen LogP) is 1.99. The number of piperidine rings is 1. The van der Waals surface area contributed by atoms with Gasteiger partial charge >= 0.3 is 0 Å². The van der Waals surface area contributed by atoms with E-state index >= 15 is 0 Å². The molecule has 0 spiro atoms. The topological polar surface area (TPSA) is 49.5 Å². The zero-order valence-electron chi connectivity index (χ0n) is 12.4. The first-order valence-corrected chi connectivity index (χ1v) is 8.28. The van der Waals surface area contributed by atoms with Crippen LogP contribution in [0.3, 0.4) is 0 Å². The van der Waals surface area contributed by atoms with Gasteiger partial charge in [0.25, 0.3) is 0 Å². The average molecular weight is 266 g/mol. The zero-order valence-corrected chi connectivity index (χ0v) is 12.4. The maximum atomic E-state index is 11.3. The maximum absolute atomic E-state index is 11.3. The van der Waals surface area contributed by atoms with E-state index in [0.29, 0.717) is 12.5 Å². The van der Waals surface area contributed by atoms with Gasteiger partial charge in [0, 0.05) is 25.0 Å². The van der Waals surface area contributed by atoms with Crippen molar-refractivity contribution in [1.29, 1.82) is 0 Å². The Morgan fingerprint density at radius 1 is 1.26 bits per heavy atom. The number of hydrogen-bond donors (Lipinski definition) is 2. The summed E-state index contributed by atoms with van der Waals surface area (Å²) in [5.41, 5.74) is 5.76. The summed E-state index contributed by atoms with van der Waals surface area (Å²) in [4.78, 5) is 2.51. The second-order valence-corrected chi connectivity index (χ2v) is 7.31. The number of rotatable bonds is 4. The molecule has 2 bridgehead atoms. The normalized spacial score (nSPS) is 41.8. The first-order chi connectivity index (χ1) is 9.13. The molecule has 1 saturated heterocycles. The van der Waals surface area contributed by atoms with Gasteiger partial charge in [0.05, 0.1) is 5.60 Å². The first-order valence-electron chi connectivity index (χ1n) is 8.28. The highest BCUT2D eigenvalue weighted by molar-refractivity contribution is 5.12. The number of nitrogens with two attached hydrogens (primary N) is 1. The summed E-state index contributed by atoms with van der Waals surface area (Å²) in [6.45, 7) is 6.22. The summed E-state index contributed by atoms with van der Waals surface area (Å²) in [7, 11) is 0. The van der Waals surface area contributed by atoms with Crippen LogP contribution < -0.4 is 5.73 Å². The van der Waals surface area contributed by atoms with Gasteiger partial charge in [-0.05, 0) is 56.9 Å². The minimum Gasteiger partial charge on any atom is -0.389 e. The molecule has 3 unspecified atom stereocenters. The standard InChI is InChI=1S/C16H30N2O/c1-2-7-18-8-5-16(19,6-9-18)15(12-17)11-13-3-4-14(15)10-13/h13-14,19H,2-12,17H2,1H3. The Kier molecular flexibility index (Phi) is 3.65. The molecule has 3 N–H and O–H groups in total. The molecular formula is C16H30N2O. The van der Waals surface area contributed by atoms with Crippen LogP contribution >= 0.6 is 0 Å². The SMILES string of the molecule is CCCN1CCC(O)(C2(CN)CC3CCC2C3)CC1. The van der Waals surface area contributed by atoms with E-state index < -0.39 is 5.60 Å². The second-order valence-electron chi connectivity index (χ2n) is 7.31. The minimum atomic E-state index is -0.480. The molecule has 1 aliphatic heterocycles. The number of hydrogen-bond acceptors (Lipinski definition) is 3. The van der Waals surface area contributed by atoms with E-state index in [2.05, 4.69) is 11.8 Å². The third kappa shape index (κ3) is 2.05. The summed E-state index contributed by atoms with van der Waals surface area (Å²) in [6.07, 6.45) is 8.30. The molecule has 3 aliphatic rings. The Morgan fingerprint density at radius 2 is 2.00 bits per heavy atom. The molecule has 0 aromatic carbocycles. The fourth-order valence-electron chi connectivity index (χ4n) is 5.41. The lowest BCUT2D eigenvalue weighted by Gasteiger charge is -2.53. The highest BCUT2D eigenvalue weighted by atomic mass is 16.3. The van der Waals surface area contributed by atoms with Crippen molar-refractivity contribution in [1.82, 2.24) is 4.90 Å². The van der Waals surface area contributed by atoms with Crippen molar-refractivity contribution in [3.8, 4) is 0 Å². The molecule has 2 saturated carbocycles. The molecule has 19 heavy (non-hydrogen) atoms. The van der Waals surface area contributed by atoms with Crippen LogP contribution in [0.1, 0.15) is 51.9 Å². The van der Waals surface area contributed by atoms with Gasteiger partial charge in [0.2, 0.25) is 0 Å². The Hall–Kier alpha value is -0.120. The lowest BCUT2D eigenvalue weighted by Crippen LogP contribution is -2.60. The third-order valence-electron chi connectivity index (χ3n) is 6.49. The Bertz CT molecular complexity index is 325. The number of fused-ring (bicyclic) bond motifs is 2. The fourth-order valence-corrected chi connectivity index (χ4v) is 5.41. The number of nitrogens with zero attached hydrogens (tertiary/aromatic N) is 1. The van der Waals surface area contributed by atoms with E-state index in [0.717, 1.165) is 31.8 Å². The molecule has 3 atom stereocenters. The van der Waals surface area contributed by atoms with Gasteiger partial charge in [-0.3, -0.25) is 0 Å². The smallest absolute Gasteiger partial charge is 0.0742 e. The largest absolute Gasteiger partial charge is 0.389 e. The van der Waals surface area contributed by atoms with E-state index in [4.69, 9.17) is 5.73 Å².